The molecule has 1 aromatic rings. The van der Waals surface area contributed by atoms with Crippen molar-refractivity contribution in [1.82, 2.24) is 9.55 Å². The Kier molecular flexibility index (Phi) is 3.71. The number of rotatable bonds is 3. The van der Waals surface area contributed by atoms with E-state index >= 15 is 0 Å². The van der Waals surface area contributed by atoms with E-state index in [1.54, 1.807) is 25.3 Å². The minimum Gasteiger partial charge on any atom is -0.295 e. The van der Waals surface area contributed by atoms with Crippen LogP contribution in [0.15, 0.2) is 29.2 Å². The van der Waals surface area contributed by atoms with Crippen molar-refractivity contribution >= 4 is 11.6 Å². The van der Waals surface area contributed by atoms with Crippen LogP contribution in [0.3, 0.4) is 0 Å². The largest absolute Gasteiger partial charge is 0.348 e. The van der Waals surface area contributed by atoms with Crippen LogP contribution in [0.25, 0.3) is 0 Å². The van der Waals surface area contributed by atoms with Crippen molar-refractivity contribution in [3.8, 4) is 0 Å². The van der Waals surface area contributed by atoms with Crippen molar-refractivity contribution in [3.63, 3.8) is 0 Å². The molecule has 0 amide bonds. The van der Waals surface area contributed by atoms with Crippen LogP contribution in [-0.2, 0) is 6.54 Å². The summed E-state index contributed by atoms with van der Waals surface area (Å²) in [4.78, 5) is 15.0. The lowest BCUT2D eigenvalue weighted by molar-refractivity contribution is 0.735. The van der Waals surface area contributed by atoms with Crippen LogP contribution in [0.5, 0.6) is 0 Å². The molecule has 0 aromatic carbocycles. The molecule has 0 N–H and O–H groups in total. The Morgan fingerprint density at radius 2 is 2.38 bits per heavy atom. The predicted octanol–water partition coefficient (Wildman–Crippen LogP) is 1.35. The van der Waals surface area contributed by atoms with Crippen LogP contribution < -0.4 is 5.69 Å². The fourth-order valence-corrected chi connectivity index (χ4v) is 1.03. The molecule has 0 saturated carbocycles. The minimum absolute atomic E-state index is 0.223. The van der Waals surface area contributed by atoms with E-state index in [9.17, 15) is 4.79 Å². The molecule has 0 fully saturated rings. The summed E-state index contributed by atoms with van der Waals surface area (Å²) in [5.74, 6) is 0.466. The Labute approximate surface area is 81.7 Å². The lowest BCUT2D eigenvalue weighted by atomic mass is 10.4. The standard InChI is InChI=1S/C9H11ClN2O/c1-8-4-7-12(9(13)11-8)6-3-2-5-10/h2-4,7H,5-6H2,1H3/b3-2+. The monoisotopic (exact) mass is 198 g/mol. The zero-order valence-corrected chi connectivity index (χ0v) is 8.16. The summed E-state index contributed by atoms with van der Waals surface area (Å²) in [5.41, 5.74) is 0.516. The molecule has 1 rings (SSSR count). The summed E-state index contributed by atoms with van der Waals surface area (Å²) in [6.07, 6.45) is 5.36. The van der Waals surface area contributed by atoms with Crippen LogP contribution >= 0.6 is 11.6 Å². The summed E-state index contributed by atoms with van der Waals surface area (Å²) in [6, 6.07) is 1.80. The Hall–Kier alpha value is -1.09. The van der Waals surface area contributed by atoms with E-state index in [2.05, 4.69) is 4.98 Å². The second-order valence-corrected chi connectivity index (χ2v) is 2.94. The van der Waals surface area contributed by atoms with Gasteiger partial charge in [-0.1, -0.05) is 12.2 Å². The molecular weight excluding hydrogens is 188 g/mol. The average Bonchev–Trinajstić information content (AvgIpc) is 2.09. The van der Waals surface area contributed by atoms with Gasteiger partial charge in [-0.3, -0.25) is 4.57 Å². The molecule has 13 heavy (non-hydrogen) atoms. The maximum atomic E-state index is 11.2. The molecule has 0 atom stereocenters. The maximum absolute atomic E-state index is 11.2. The highest BCUT2D eigenvalue weighted by atomic mass is 35.5. The van der Waals surface area contributed by atoms with E-state index in [-0.39, 0.29) is 5.69 Å². The van der Waals surface area contributed by atoms with Crippen LogP contribution in [0, 0.1) is 6.92 Å². The molecule has 0 aliphatic heterocycles. The van der Waals surface area contributed by atoms with Crippen molar-refractivity contribution in [3.05, 3.63) is 40.6 Å². The number of aryl methyl sites for hydroxylation is 1. The quantitative estimate of drug-likeness (QED) is 0.543. The van der Waals surface area contributed by atoms with Gasteiger partial charge < -0.3 is 0 Å². The summed E-state index contributed by atoms with van der Waals surface area (Å²) in [5, 5.41) is 0. The summed E-state index contributed by atoms with van der Waals surface area (Å²) in [6.45, 7) is 2.32. The molecule has 0 bridgehead atoms. The zero-order chi connectivity index (χ0) is 9.68. The number of alkyl halides is 1. The predicted molar refractivity (Wildman–Crippen MR) is 53.1 cm³/mol. The highest BCUT2D eigenvalue weighted by Gasteiger charge is 1.93. The van der Waals surface area contributed by atoms with Crippen LogP contribution in [0.4, 0.5) is 0 Å². The first-order valence-corrected chi connectivity index (χ1v) is 4.52. The van der Waals surface area contributed by atoms with Gasteiger partial charge in [0.25, 0.3) is 0 Å². The van der Waals surface area contributed by atoms with Crippen molar-refractivity contribution in [2.45, 2.75) is 13.5 Å². The fourth-order valence-electron chi connectivity index (χ4n) is 0.904. The summed E-state index contributed by atoms with van der Waals surface area (Å²) in [7, 11) is 0. The molecule has 1 aromatic heterocycles. The van der Waals surface area contributed by atoms with Crippen LogP contribution in [0.2, 0.25) is 0 Å². The van der Waals surface area contributed by atoms with Crippen molar-refractivity contribution in [2.75, 3.05) is 5.88 Å². The average molecular weight is 199 g/mol. The van der Waals surface area contributed by atoms with Gasteiger partial charge in [0.15, 0.2) is 0 Å². The molecule has 3 nitrogen and oxygen atoms in total. The third-order valence-corrected chi connectivity index (χ3v) is 1.75. The SMILES string of the molecule is Cc1ccn(C/C=C/CCl)c(=O)n1. The van der Waals surface area contributed by atoms with Gasteiger partial charge in [-0.25, -0.2) is 4.79 Å². The van der Waals surface area contributed by atoms with Crippen molar-refractivity contribution in [1.29, 1.82) is 0 Å². The van der Waals surface area contributed by atoms with Gasteiger partial charge in [-0.05, 0) is 13.0 Å². The Morgan fingerprint density at radius 3 is 3.00 bits per heavy atom. The molecule has 0 unspecified atom stereocenters. The number of nitrogens with zero attached hydrogens (tertiary/aromatic N) is 2. The van der Waals surface area contributed by atoms with Gasteiger partial charge in [-0.2, -0.15) is 4.98 Å². The molecule has 0 radical (unpaired) electrons. The van der Waals surface area contributed by atoms with E-state index in [1.165, 1.54) is 4.57 Å². The molecule has 0 aliphatic rings. The first kappa shape index (κ1) is 9.99. The summed E-state index contributed by atoms with van der Waals surface area (Å²) < 4.78 is 1.52. The van der Waals surface area contributed by atoms with E-state index in [0.29, 0.717) is 12.4 Å². The molecule has 0 aliphatic carbocycles. The van der Waals surface area contributed by atoms with E-state index in [1.807, 2.05) is 6.08 Å². The minimum atomic E-state index is -0.223. The van der Waals surface area contributed by atoms with E-state index in [0.717, 1.165) is 5.69 Å². The van der Waals surface area contributed by atoms with Gasteiger partial charge in [0.05, 0.1) is 0 Å². The molecule has 70 valence electrons. The van der Waals surface area contributed by atoms with Gasteiger partial charge in [-0.15, -0.1) is 11.6 Å². The fraction of sp³-hybridized carbons (Fsp3) is 0.333. The van der Waals surface area contributed by atoms with Gasteiger partial charge in [0.1, 0.15) is 0 Å². The third kappa shape index (κ3) is 3.03. The first-order chi connectivity index (χ1) is 6.24. The van der Waals surface area contributed by atoms with E-state index < -0.39 is 0 Å². The lowest BCUT2D eigenvalue weighted by Crippen LogP contribution is -2.22. The Balaban J connectivity index is 2.78. The number of hydrogen-bond acceptors (Lipinski definition) is 2. The zero-order valence-electron chi connectivity index (χ0n) is 7.40. The number of aromatic nitrogens is 2. The Morgan fingerprint density at radius 1 is 1.62 bits per heavy atom. The van der Waals surface area contributed by atoms with Gasteiger partial charge in [0, 0.05) is 24.3 Å². The normalized spacial score (nSPS) is 10.9. The van der Waals surface area contributed by atoms with Crippen molar-refractivity contribution < 1.29 is 0 Å². The molecule has 1 heterocycles. The second-order valence-electron chi connectivity index (χ2n) is 2.63. The smallest absolute Gasteiger partial charge is 0.295 e. The highest BCUT2D eigenvalue weighted by Crippen LogP contribution is 1.88. The molecule has 0 saturated heterocycles. The molecular formula is C9H11ClN2O. The maximum Gasteiger partial charge on any atom is 0.348 e. The highest BCUT2D eigenvalue weighted by molar-refractivity contribution is 6.18. The van der Waals surface area contributed by atoms with Gasteiger partial charge >= 0.3 is 5.69 Å². The van der Waals surface area contributed by atoms with Crippen LogP contribution in [0.1, 0.15) is 5.69 Å². The third-order valence-electron chi connectivity index (χ3n) is 1.57. The van der Waals surface area contributed by atoms with Crippen LogP contribution in [-0.4, -0.2) is 15.4 Å². The molecule has 4 heteroatoms. The van der Waals surface area contributed by atoms with Crippen molar-refractivity contribution in [2.24, 2.45) is 0 Å². The first-order valence-electron chi connectivity index (χ1n) is 3.99. The lowest BCUT2D eigenvalue weighted by Gasteiger charge is -1.99. The topological polar surface area (TPSA) is 34.9 Å². The van der Waals surface area contributed by atoms with Gasteiger partial charge in [0.2, 0.25) is 0 Å². The molecule has 0 spiro atoms. The number of halogens is 1. The number of allylic oxidation sites excluding steroid dienone is 2. The number of hydrogen-bond donors (Lipinski definition) is 0. The Bertz CT molecular complexity index is 357. The second kappa shape index (κ2) is 4.82. The summed E-state index contributed by atoms with van der Waals surface area (Å²) >= 11 is 5.44. The van der Waals surface area contributed by atoms with E-state index in [4.69, 9.17) is 11.6 Å².